The molecule has 0 bridgehead atoms. The molecule has 1 N–H and O–H groups in total. The molecule has 0 aliphatic carbocycles. The van der Waals surface area contributed by atoms with Crippen molar-refractivity contribution in [1.29, 1.82) is 0 Å². The van der Waals surface area contributed by atoms with Crippen LogP contribution in [0.2, 0.25) is 0 Å². The maximum atomic E-state index is 11.5. The maximum absolute atomic E-state index is 11.5. The van der Waals surface area contributed by atoms with Crippen LogP contribution in [0.1, 0.15) is 35.1 Å². The number of ether oxygens (including phenoxy) is 1. The van der Waals surface area contributed by atoms with Crippen molar-refractivity contribution >= 4 is 22.4 Å². The third-order valence-electron chi connectivity index (χ3n) is 3.49. The fourth-order valence-electron chi connectivity index (χ4n) is 2.30. The number of carbonyl (C=O) groups is 1. The van der Waals surface area contributed by atoms with Crippen molar-refractivity contribution in [2.75, 3.05) is 32.1 Å². The van der Waals surface area contributed by atoms with E-state index in [-0.39, 0.29) is 5.97 Å². The van der Waals surface area contributed by atoms with E-state index in [0.717, 1.165) is 16.6 Å². The summed E-state index contributed by atoms with van der Waals surface area (Å²) in [5, 5.41) is 4.11. The van der Waals surface area contributed by atoms with Gasteiger partial charge in [0.05, 0.1) is 7.11 Å². The zero-order valence-corrected chi connectivity index (χ0v) is 12.5. The highest BCUT2D eigenvalue weighted by Crippen LogP contribution is 2.23. The van der Waals surface area contributed by atoms with Gasteiger partial charge in [-0.3, -0.25) is 4.90 Å². The van der Waals surface area contributed by atoms with Crippen LogP contribution in [0.3, 0.4) is 0 Å². The average Bonchev–Trinajstić information content (AvgIpc) is 3.04. The zero-order valence-electron chi connectivity index (χ0n) is 11.7. The van der Waals surface area contributed by atoms with Gasteiger partial charge in [-0.25, -0.2) is 9.78 Å². The summed E-state index contributed by atoms with van der Waals surface area (Å²) in [5.74, 6) is -0.366. The van der Waals surface area contributed by atoms with E-state index >= 15 is 0 Å². The van der Waals surface area contributed by atoms with Crippen molar-refractivity contribution in [2.24, 2.45) is 0 Å². The number of hydrogen-bond acceptors (Lipinski definition) is 6. The van der Waals surface area contributed by atoms with Crippen molar-refractivity contribution in [3.05, 3.63) is 10.6 Å². The van der Waals surface area contributed by atoms with Crippen molar-refractivity contribution in [1.82, 2.24) is 9.88 Å². The third kappa shape index (κ3) is 3.45. The molecule has 1 aliphatic rings. The number of rotatable bonds is 5. The number of aryl methyl sites for hydroxylation is 1. The van der Waals surface area contributed by atoms with Crippen LogP contribution < -0.4 is 5.32 Å². The van der Waals surface area contributed by atoms with Crippen molar-refractivity contribution < 1.29 is 9.53 Å². The van der Waals surface area contributed by atoms with Crippen LogP contribution >= 0.6 is 11.3 Å². The number of likely N-dealkylation sites (tertiary alicyclic amines) is 1. The summed E-state index contributed by atoms with van der Waals surface area (Å²) in [7, 11) is 1.38. The molecular weight excluding hydrogens is 262 g/mol. The quantitative estimate of drug-likeness (QED) is 0.839. The minimum absolute atomic E-state index is 0.366. The normalized spacial score (nSPS) is 17.4. The number of thiazole rings is 1. The lowest BCUT2D eigenvalue weighted by atomic mass is 10.3. The lowest BCUT2D eigenvalue weighted by molar-refractivity contribution is 0.0594. The molecule has 1 aromatic heterocycles. The van der Waals surface area contributed by atoms with E-state index in [1.807, 2.05) is 6.92 Å². The molecule has 1 fully saturated rings. The average molecular weight is 283 g/mol. The van der Waals surface area contributed by atoms with Crippen LogP contribution in [-0.2, 0) is 4.74 Å². The van der Waals surface area contributed by atoms with E-state index < -0.39 is 0 Å². The Morgan fingerprint density at radius 2 is 2.21 bits per heavy atom. The predicted molar refractivity (Wildman–Crippen MR) is 76.9 cm³/mol. The molecule has 1 saturated heterocycles. The van der Waals surface area contributed by atoms with Crippen LogP contribution in [-0.4, -0.2) is 48.6 Å². The van der Waals surface area contributed by atoms with Crippen LogP contribution in [0.25, 0.3) is 0 Å². The van der Waals surface area contributed by atoms with E-state index in [9.17, 15) is 4.79 Å². The number of esters is 1. The minimum atomic E-state index is -0.366. The number of hydrogen-bond donors (Lipinski definition) is 1. The second kappa shape index (κ2) is 6.34. The van der Waals surface area contributed by atoms with Gasteiger partial charge in [0.2, 0.25) is 0 Å². The first-order valence-electron chi connectivity index (χ1n) is 6.65. The smallest absolute Gasteiger partial charge is 0.357 e. The van der Waals surface area contributed by atoms with Crippen molar-refractivity contribution in [2.45, 2.75) is 32.7 Å². The lowest BCUT2D eigenvalue weighted by Gasteiger charge is -2.23. The SMILES string of the molecule is COC(=O)c1nc(NCC(C)N2CCCC2)sc1C. The number of aromatic nitrogens is 1. The van der Waals surface area contributed by atoms with Crippen molar-refractivity contribution in [3.63, 3.8) is 0 Å². The number of carbonyl (C=O) groups excluding carboxylic acids is 1. The molecule has 0 aromatic carbocycles. The topological polar surface area (TPSA) is 54.5 Å². The summed E-state index contributed by atoms with van der Waals surface area (Å²) >= 11 is 1.50. The summed E-state index contributed by atoms with van der Waals surface area (Å²) < 4.78 is 4.71. The molecule has 0 radical (unpaired) electrons. The highest BCUT2D eigenvalue weighted by atomic mass is 32.1. The van der Waals surface area contributed by atoms with E-state index in [2.05, 4.69) is 22.1 Å². The van der Waals surface area contributed by atoms with E-state index in [0.29, 0.717) is 11.7 Å². The molecule has 2 heterocycles. The maximum Gasteiger partial charge on any atom is 0.357 e. The summed E-state index contributed by atoms with van der Waals surface area (Å²) in [6.45, 7) is 7.34. The van der Waals surface area contributed by atoms with Gasteiger partial charge in [0, 0.05) is 17.5 Å². The number of nitrogens with zero attached hydrogens (tertiary/aromatic N) is 2. The Bertz CT molecular complexity index is 441. The van der Waals surface area contributed by atoms with Crippen molar-refractivity contribution in [3.8, 4) is 0 Å². The van der Waals surface area contributed by atoms with Gasteiger partial charge >= 0.3 is 5.97 Å². The predicted octanol–water partition coefficient (Wildman–Crippen LogP) is 2.13. The Balaban J connectivity index is 1.90. The monoisotopic (exact) mass is 283 g/mol. The molecule has 1 unspecified atom stereocenters. The van der Waals surface area contributed by atoms with Crippen LogP contribution in [0.4, 0.5) is 5.13 Å². The molecule has 0 spiro atoms. The zero-order chi connectivity index (χ0) is 13.8. The molecule has 0 amide bonds. The molecule has 1 aromatic rings. The summed E-state index contributed by atoms with van der Waals surface area (Å²) in [5.41, 5.74) is 0.420. The molecule has 5 nitrogen and oxygen atoms in total. The highest BCUT2D eigenvalue weighted by molar-refractivity contribution is 7.15. The Hall–Kier alpha value is -1.14. The lowest BCUT2D eigenvalue weighted by Crippen LogP contribution is -2.35. The molecule has 1 atom stereocenters. The van der Waals surface area contributed by atoms with Crippen LogP contribution in [0.15, 0.2) is 0 Å². The van der Waals surface area contributed by atoms with Gasteiger partial charge in [-0.1, -0.05) is 0 Å². The molecule has 19 heavy (non-hydrogen) atoms. The van der Waals surface area contributed by atoms with Gasteiger partial charge in [-0.05, 0) is 39.8 Å². The summed E-state index contributed by atoms with van der Waals surface area (Å²) in [6.07, 6.45) is 2.60. The second-order valence-electron chi connectivity index (χ2n) is 4.89. The number of methoxy groups -OCH3 is 1. The van der Waals surface area contributed by atoms with Gasteiger partial charge in [0.25, 0.3) is 0 Å². The van der Waals surface area contributed by atoms with Gasteiger partial charge in [0.15, 0.2) is 10.8 Å². The molecule has 6 heteroatoms. The first kappa shape index (κ1) is 14.3. The Labute approximate surface area is 118 Å². The van der Waals surface area contributed by atoms with Gasteiger partial charge < -0.3 is 10.1 Å². The Kier molecular flexibility index (Phi) is 4.76. The first-order valence-corrected chi connectivity index (χ1v) is 7.47. The summed E-state index contributed by atoms with van der Waals surface area (Å²) in [4.78, 5) is 19.1. The minimum Gasteiger partial charge on any atom is -0.464 e. The fraction of sp³-hybridized carbons (Fsp3) is 0.692. The van der Waals surface area contributed by atoms with Gasteiger partial charge in [-0.2, -0.15) is 0 Å². The van der Waals surface area contributed by atoms with Crippen LogP contribution in [0.5, 0.6) is 0 Å². The Morgan fingerprint density at radius 1 is 1.53 bits per heavy atom. The number of anilines is 1. The molecule has 0 saturated carbocycles. The summed E-state index contributed by atoms with van der Waals surface area (Å²) in [6, 6.07) is 0.494. The molecular formula is C13H21N3O2S. The highest BCUT2D eigenvalue weighted by Gasteiger charge is 2.19. The molecule has 1 aliphatic heterocycles. The fourth-order valence-corrected chi connectivity index (χ4v) is 3.11. The van der Waals surface area contributed by atoms with Crippen LogP contribution in [0, 0.1) is 6.92 Å². The standard InChI is InChI=1S/C13H21N3O2S/c1-9(16-6-4-5-7-16)8-14-13-15-11(10(2)19-13)12(17)18-3/h9H,4-8H2,1-3H3,(H,14,15). The van der Waals surface area contributed by atoms with Gasteiger partial charge in [-0.15, -0.1) is 11.3 Å². The molecule has 106 valence electrons. The van der Waals surface area contributed by atoms with E-state index in [4.69, 9.17) is 4.74 Å². The second-order valence-corrected chi connectivity index (χ2v) is 6.09. The third-order valence-corrected chi connectivity index (χ3v) is 4.42. The van der Waals surface area contributed by atoms with Gasteiger partial charge in [0.1, 0.15) is 0 Å². The first-order chi connectivity index (χ1) is 9.11. The molecule has 2 rings (SSSR count). The van der Waals surface area contributed by atoms with E-state index in [1.54, 1.807) is 0 Å². The largest absolute Gasteiger partial charge is 0.464 e. The Morgan fingerprint density at radius 3 is 2.84 bits per heavy atom. The van der Waals surface area contributed by atoms with E-state index in [1.165, 1.54) is 44.4 Å². The number of nitrogens with one attached hydrogen (secondary N) is 1.